The molecular formula is C9H14O3. The summed E-state index contributed by atoms with van der Waals surface area (Å²) in [5, 5.41) is 9.39. The fourth-order valence-corrected chi connectivity index (χ4v) is 1.22. The molecule has 0 aliphatic carbocycles. The average molecular weight is 170 g/mol. The van der Waals surface area contributed by atoms with Crippen molar-refractivity contribution in [3.8, 4) is 0 Å². The first kappa shape index (κ1) is 9.10. The number of cyclic esters (lactones) is 1. The van der Waals surface area contributed by atoms with E-state index >= 15 is 0 Å². The van der Waals surface area contributed by atoms with Crippen LogP contribution >= 0.6 is 0 Å². The number of unbranched alkanes of at least 4 members (excludes halogenated alkanes) is 1. The highest BCUT2D eigenvalue weighted by Crippen LogP contribution is 2.24. The van der Waals surface area contributed by atoms with E-state index in [9.17, 15) is 9.90 Å². The Morgan fingerprint density at radius 2 is 2.25 bits per heavy atom. The van der Waals surface area contributed by atoms with Crippen LogP contribution in [0.5, 0.6) is 0 Å². The first-order chi connectivity index (χ1) is 5.66. The van der Waals surface area contributed by atoms with E-state index in [1.54, 1.807) is 6.92 Å². The van der Waals surface area contributed by atoms with Crippen molar-refractivity contribution < 1.29 is 14.6 Å². The standard InChI is InChI=1S/C9H14O3/c1-3-4-5-7-8(10)6(2)12-9(7)11/h6,10H,3-5H2,1-2H3/t6-/m0/s1. The van der Waals surface area contributed by atoms with E-state index in [0.717, 1.165) is 12.8 Å². The van der Waals surface area contributed by atoms with Crippen molar-refractivity contribution in [2.45, 2.75) is 39.2 Å². The molecule has 3 nitrogen and oxygen atoms in total. The van der Waals surface area contributed by atoms with Crippen LogP contribution in [0.3, 0.4) is 0 Å². The smallest absolute Gasteiger partial charge is 0.338 e. The number of carbonyl (C=O) groups is 1. The predicted molar refractivity (Wildman–Crippen MR) is 44.7 cm³/mol. The first-order valence-electron chi connectivity index (χ1n) is 4.29. The zero-order chi connectivity index (χ0) is 9.14. The van der Waals surface area contributed by atoms with Gasteiger partial charge in [-0.1, -0.05) is 13.3 Å². The Morgan fingerprint density at radius 3 is 2.67 bits per heavy atom. The molecule has 0 amide bonds. The van der Waals surface area contributed by atoms with Crippen molar-refractivity contribution in [3.63, 3.8) is 0 Å². The Labute approximate surface area is 72.0 Å². The van der Waals surface area contributed by atoms with Gasteiger partial charge in [-0.15, -0.1) is 0 Å². The van der Waals surface area contributed by atoms with Gasteiger partial charge in [0.1, 0.15) is 5.76 Å². The summed E-state index contributed by atoms with van der Waals surface area (Å²) >= 11 is 0. The van der Waals surface area contributed by atoms with Crippen molar-refractivity contribution >= 4 is 5.97 Å². The fraction of sp³-hybridized carbons (Fsp3) is 0.667. The highest BCUT2D eigenvalue weighted by atomic mass is 16.6. The number of carbonyl (C=O) groups excluding carboxylic acids is 1. The number of esters is 1. The van der Waals surface area contributed by atoms with Crippen LogP contribution in [0.25, 0.3) is 0 Å². The van der Waals surface area contributed by atoms with E-state index in [0.29, 0.717) is 12.0 Å². The summed E-state index contributed by atoms with van der Waals surface area (Å²) in [5.41, 5.74) is 0.462. The summed E-state index contributed by atoms with van der Waals surface area (Å²) in [6.45, 7) is 3.72. The molecule has 1 atom stereocenters. The third-order valence-corrected chi connectivity index (χ3v) is 2.00. The van der Waals surface area contributed by atoms with E-state index in [-0.39, 0.29) is 11.7 Å². The van der Waals surface area contributed by atoms with Gasteiger partial charge in [-0.2, -0.15) is 0 Å². The van der Waals surface area contributed by atoms with E-state index in [1.807, 2.05) is 6.92 Å². The van der Waals surface area contributed by atoms with Gasteiger partial charge in [0.15, 0.2) is 6.10 Å². The lowest BCUT2D eigenvalue weighted by molar-refractivity contribution is -0.139. The van der Waals surface area contributed by atoms with Gasteiger partial charge in [-0.25, -0.2) is 4.79 Å². The number of rotatable bonds is 3. The zero-order valence-electron chi connectivity index (χ0n) is 7.46. The van der Waals surface area contributed by atoms with Crippen LogP contribution in [0.2, 0.25) is 0 Å². The molecule has 1 aliphatic rings. The first-order valence-corrected chi connectivity index (χ1v) is 4.29. The van der Waals surface area contributed by atoms with Crippen LogP contribution in [0.15, 0.2) is 11.3 Å². The molecule has 1 aliphatic heterocycles. The summed E-state index contributed by atoms with van der Waals surface area (Å²) in [6, 6.07) is 0. The summed E-state index contributed by atoms with van der Waals surface area (Å²) in [7, 11) is 0. The molecule has 0 unspecified atom stereocenters. The van der Waals surface area contributed by atoms with Gasteiger partial charge in [-0.05, 0) is 19.8 Å². The van der Waals surface area contributed by atoms with Gasteiger partial charge >= 0.3 is 5.97 Å². The molecular weight excluding hydrogens is 156 g/mol. The molecule has 68 valence electrons. The molecule has 1 rings (SSSR count). The molecule has 0 aromatic rings. The third-order valence-electron chi connectivity index (χ3n) is 2.00. The van der Waals surface area contributed by atoms with E-state index in [1.165, 1.54) is 0 Å². The van der Waals surface area contributed by atoms with Crippen molar-refractivity contribution in [3.05, 3.63) is 11.3 Å². The Balaban J connectivity index is 2.65. The van der Waals surface area contributed by atoms with E-state index in [4.69, 9.17) is 4.74 Å². The number of hydrogen-bond acceptors (Lipinski definition) is 3. The number of hydrogen-bond donors (Lipinski definition) is 1. The van der Waals surface area contributed by atoms with Crippen LogP contribution in [0, 0.1) is 0 Å². The Hall–Kier alpha value is -0.990. The molecule has 0 radical (unpaired) electrons. The maximum atomic E-state index is 11.1. The molecule has 1 N–H and O–H groups in total. The van der Waals surface area contributed by atoms with E-state index in [2.05, 4.69) is 0 Å². The predicted octanol–water partition coefficient (Wildman–Crippen LogP) is 1.93. The molecule has 0 saturated heterocycles. The molecule has 0 saturated carbocycles. The topological polar surface area (TPSA) is 46.5 Å². The Bertz CT molecular complexity index is 218. The van der Waals surface area contributed by atoms with Crippen LogP contribution in [-0.4, -0.2) is 17.2 Å². The van der Waals surface area contributed by atoms with Crippen molar-refractivity contribution in [2.24, 2.45) is 0 Å². The highest BCUT2D eigenvalue weighted by Gasteiger charge is 2.29. The van der Waals surface area contributed by atoms with Gasteiger partial charge in [0, 0.05) is 0 Å². The normalized spacial score (nSPS) is 23.2. The minimum Gasteiger partial charge on any atom is -0.508 e. The minimum absolute atomic E-state index is 0.119. The molecule has 12 heavy (non-hydrogen) atoms. The number of ether oxygens (including phenoxy) is 1. The quantitative estimate of drug-likeness (QED) is 0.658. The summed E-state index contributed by atoms with van der Waals surface area (Å²) in [6.07, 6.45) is 2.12. The molecule has 0 aromatic heterocycles. The second-order valence-electron chi connectivity index (χ2n) is 3.01. The second kappa shape index (κ2) is 3.61. The van der Waals surface area contributed by atoms with Crippen LogP contribution in [0.1, 0.15) is 33.1 Å². The van der Waals surface area contributed by atoms with Crippen LogP contribution < -0.4 is 0 Å². The van der Waals surface area contributed by atoms with Gasteiger partial charge in [0.25, 0.3) is 0 Å². The molecule has 0 aromatic carbocycles. The number of aliphatic hydroxyl groups excluding tert-OH is 1. The van der Waals surface area contributed by atoms with Gasteiger partial charge in [-0.3, -0.25) is 0 Å². The lowest BCUT2D eigenvalue weighted by Crippen LogP contribution is -2.05. The third kappa shape index (κ3) is 1.60. The Kier molecular flexibility index (Phi) is 2.74. The van der Waals surface area contributed by atoms with E-state index < -0.39 is 6.10 Å². The largest absolute Gasteiger partial charge is 0.508 e. The summed E-state index contributed by atoms with van der Waals surface area (Å²) in [5.74, 6) is -0.234. The summed E-state index contributed by atoms with van der Waals surface area (Å²) in [4.78, 5) is 11.1. The van der Waals surface area contributed by atoms with Crippen molar-refractivity contribution in [1.82, 2.24) is 0 Å². The SMILES string of the molecule is CCCCC1=C(O)[C@H](C)OC1=O. The van der Waals surface area contributed by atoms with Gasteiger partial charge in [0.2, 0.25) is 0 Å². The maximum Gasteiger partial charge on any atom is 0.338 e. The van der Waals surface area contributed by atoms with Crippen molar-refractivity contribution in [2.75, 3.05) is 0 Å². The van der Waals surface area contributed by atoms with Crippen LogP contribution in [-0.2, 0) is 9.53 Å². The highest BCUT2D eigenvalue weighted by molar-refractivity contribution is 5.91. The lowest BCUT2D eigenvalue weighted by atomic mass is 10.1. The fourth-order valence-electron chi connectivity index (χ4n) is 1.22. The second-order valence-corrected chi connectivity index (χ2v) is 3.01. The van der Waals surface area contributed by atoms with Gasteiger partial charge in [0.05, 0.1) is 5.57 Å². The monoisotopic (exact) mass is 170 g/mol. The van der Waals surface area contributed by atoms with Crippen LogP contribution in [0.4, 0.5) is 0 Å². The maximum absolute atomic E-state index is 11.1. The molecule has 0 fully saturated rings. The molecule has 0 bridgehead atoms. The Morgan fingerprint density at radius 1 is 1.58 bits per heavy atom. The lowest BCUT2D eigenvalue weighted by Gasteiger charge is -1.99. The average Bonchev–Trinajstić information content (AvgIpc) is 2.25. The van der Waals surface area contributed by atoms with Gasteiger partial charge < -0.3 is 9.84 Å². The molecule has 3 heteroatoms. The van der Waals surface area contributed by atoms with Crippen molar-refractivity contribution in [1.29, 1.82) is 0 Å². The molecule has 0 spiro atoms. The molecule has 1 heterocycles. The number of aliphatic hydroxyl groups is 1. The zero-order valence-corrected chi connectivity index (χ0v) is 7.46. The minimum atomic E-state index is -0.440. The summed E-state index contributed by atoms with van der Waals surface area (Å²) < 4.78 is 4.82.